The van der Waals surface area contributed by atoms with Crippen molar-refractivity contribution in [2.45, 2.75) is 27.7 Å². The van der Waals surface area contributed by atoms with E-state index in [0.717, 1.165) is 57.9 Å². The number of nitrogens with zero attached hydrogens (tertiary/aromatic N) is 6. The van der Waals surface area contributed by atoms with E-state index in [1.165, 1.54) is 24.8 Å². The van der Waals surface area contributed by atoms with E-state index >= 15 is 0 Å². The number of aromatic carboxylic acids is 1. The third-order valence-electron chi connectivity index (χ3n) is 4.91. The molecule has 12 heteroatoms. The molecule has 228 valence electrons. The van der Waals surface area contributed by atoms with Gasteiger partial charge in [0.15, 0.2) is 0 Å². The maximum atomic E-state index is 10.1. The summed E-state index contributed by atoms with van der Waals surface area (Å²) in [5.41, 5.74) is 2.49. The van der Waals surface area contributed by atoms with E-state index in [4.69, 9.17) is 0 Å². The van der Waals surface area contributed by atoms with Crippen molar-refractivity contribution < 1.29 is 9.90 Å². The molecule has 0 atom stereocenters. The summed E-state index contributed by atoms with van der Waals surface area (Å²) in [6.45, 7) is 11.6. The Balaban J connectivity index is 0.000000299. The van der Waals surface area contributed by atoms with Gasteiger partial charge in [0.1, 0.15) is 24.3 Å². The van der Waals surface area contributed by atoms with Gasteiger partial charge in [0.2, 0.25) is 0 Å². The minimum absolute atomic E-state index is 0.220. The number of amidine groups is 2. The van der Waals surface area contributed by atoms with Crippen molar-refractivity contribution in [2.75, 3.05) is 26.2 Å². The smallest absolute Gasteiger partial charge is 0.141 e. The number of rotatable bonds is 7. The molecule has 0 aliphatic rings. The van der Waals surface area contributed by atoms with Gasteiger partial charge in [-0.25, -0.2) is 4.98 Å². The molecule has 43 heavy (non-hydrogen) atoms. The van der Waals surface area contributed by atoms with Crippen LogP contribution in [0.5, 0.6) is 0 Å². The highest BCUT2D eigenvalue weighted by Gasteiger charge is 2.01. The number of nitrogens with one attached hydrogen (secondary N) is 2. The number of carboxylic acid groups (broad SMARTS) is 1. The molecule has 0 radical (unpaired) electrons. The second-order valence-electron chi connectivity index (χ2n) is 8.07. The minimum Gasteiger partial charge on any atom is -0.545 e. The summed E-state index contributed by atoms with van der Waals surface area (Å²) in [7, 11) is 0. The Kier molecular flexibility index (Phi) is 20.2. The fourth-order valence-corrected chi connectivity index (χ4v) is 3.63. The largest absolute Gasteiger partial charge is 0.545 e. The van der Waals surface area contributed by atoms with Crippen LogP contribution in [0, 0.1) is 0 Å². The Morgan fingerprint density at radius 1 is 0.674 bits per heavy atom. The summed E-state index contributed by atoms with van der Waals surface area (Å²) in [6, 6.07) is 24.4. The monoisotopic (exact) mass is 711 g/mol. The molecule has 4 aromatic rings. The maximum absolute atomic E-state index is 10.1. The number of carbonyl (C=O) groups is 1. The van der Waals surface area contributed by atoms with Gasteiger partial charge in [-0.15, -0.1) is 10.2 Å². The van der Waals surface area contributed by atoms with E-state index in [1.807, 2.05) is 38.1 Å². The van der Waals surface area contributed by atoms with Crippen molar-refractivity contribution in [1.29, 1.82) is 0 Å². The summed E-state index contributed by atoms with van der Waals surface area (Å²) in [5.74, 6) is 0.820. The third-order valence-corrected chi connectivity index (χ3v) is 5.96. The summed E-state index contributed by atoms with van der Waals surface area (Å²) in [6.07, 6.45) is 2.65. The van der Waals surface area contributed by atoms with Crippen LogP contribution in [-0.4, -0.2) is 64.2 Å². The van der Waals surface area contributed by atoms with Crippen molar-refractivity contribution in [3.63, 3.8) is 0 Å². The van der Waals surface area contributed by atoms with Gasteiger partial charge in [0, 0.05) is 46.3 Å². The SMILES string of the molecule is CCN=C(NCC)c1ccc(Br)cc1.CCN=C(NCC)c1ccc(Br)cc1.O=C([O-])c1ccccc1.c1ncnnn1. The average molecular weight is 713 g/mol. The van der Waals surface area contributed by atoms with Gasteiger partial charge in [-0.3, -0.25) is 9.98 Å². The molecule has 0 unspecified atom stereocenters. The summed E-state index contributed by atoms with van der Waals surface area (Å²) < 4.78 is 2.18. The molecule has 4 rings (SSSR count). The molecule has 10 nitrogen and oxygen atoms in total. The highest BCUT2D eigenvalue weighted by atomic mass is 79.9. The molecular formula is C31H37Br2N8O2-. The summed E-state index contributed by atoms with van der Waals surface area (Å²) in [4.78, 5) is 22.4. The van der Waals surface area contributed by atoms with Crippen LogP contribution in [0.2, 0.25) is 0 Å². The Morgan fingerprint density at radius 2 is 1.09 bits per heavy atom. The molecule has 3 aromatic carbocycles. The van der Waals surface area contributed by atoms with Crippen LogP contribution in [0.25, 0.3) is 0 Å². The van der Waals surface area contributed by atoms with Crippen LogP contribution in [0.1, 0.15) is 49.2 Å². The van der Waals surface area contributed by atoms with Crippen LogP contribution in [0.3, 0.4) is 0 Å². The van der Waals surface area contributed by atoms with Crippen molar-refractivity contribution >= 4 is 49.5 Å². The predicted octanol–water partition coefficient (Wildman–Crippen LogP) is 4.97. The lowest BCUT2D eigenvalue weighted by molar-refractivity contribution is -0.255. The van der Waals surface area contributed by atoms with Gasteiger partial charge >= 0.3 is 0 Å². The molecule has 0 bridgehead atoms. The number of aliphatic imine (C=N–C) groups is 2. The first-order chi connectivity index (χ1) is 20.9. The minimum atomic E-state index is -1.13. The fourth-order valence-electron chi connectivity index (χ4n) is 3.10. The van der Waals surface area contributed by atoms with Gasteiger partial charge in [-0.2, -0.15) is 0 Å². The molecule has 1 aromatic heterocycles. The molecule has 0 saturated heterocycles. The first-order valence-corrected chi connectivity index (χ1v) is 15.2. The van der Waals surface area contributed by atoms with Crippen molar-refractivity contribution in [2.24, 2.45) is 9.98 Å². The Bertz CT molecular complexity index is 1250. The van der Waals surface area contributed by atoms with E-state index in [2.05, 4.69) is 111 Å². The lowest BCUT2D eigenvalue weighted by Gasteiger charge is -2.07. The van der Waals surface area contributed by atoms with Gasteiger partial charge in [0.05, 0.1) is 5.97 Å². The van der Waals surface area contributed by atoms with Crippen molar-refractivity contribution in [3.05, 3.63) is 117 Å². The summed E-state index contributed by atoms with van der Waals surface area (Å²) >= 11 is 6.82. The van der Waals surface area contributed by atoms with Crippen LogP contribution in [-0.2, 0) is 0 Å². The molecule has 0 aliphatic carbocycles. The molecule has 0 fully saturated rings. The van der Waals surface area contributed by atoms with E-state index in [1.54, 1.807) is 18.2 Å². The molecular weight excluding hydrogens is 676 g/mol. The van der Waals surface area contributed by atoms with Gasteiger partial charge < -0.3 is 20.5 Å². The highest BCUT2D eigenvalue weighted by Crippen LogP contribution is 2.11. The Labute approximate surface area is 270 Å². The van der Waals surface area contributed by atoms with Gasteiger partial charge in [0.25, 0.3) is 0 Å². The normalized spacial score (nSPS) is 10.5. The fraction of sp³-hybridized carbons (Fsp3) is 0.258. The van der Waals surface area contributed by atoms with Crippen LogP contribution < -0.4 is 15.7 Å². The van der Waals surface area contributed by atoms with Gasteiger partial charge in [-0.1, -0.05) is 86.5 Å². The zero-order chi connectivity index (χ0) is 31.7. The standard InChI is InChI=1S/2C11H15BrN2.C7H6O2.C2H2N4/c2*1-3-13-11(14-4-2)9-5-7-10(12)8-6-9;8-7(9)6-4-2-1-3-5-6;1-3-2-5-6-4-1/h2*5-8H,3-4H2,1-2H3,(H,13,14);1-5H,(H,8,9);1-2H/p-1. The highest BCUT2D eigenvalue weighted by molar-refractivity contribution is 9.10. The second-order valence-corrected chi connectivity index (χ2v) is 9.91. The van der Waals surface area contributed by atoms with E-state index < -0.39 is 5.97 Å². The molecule has 0 spiro atoms. The second kappa shape index (κ2) is 23.5. The number of carbonyl (C=O) groups excluding carboxylic acids is 1. The van der Waals surface area contributed by atoms with Crippen molar-refractivity contribution in [1.82, 2.24) is 31.0 Å². The lowest BCUT2D eigenvalue weighted by atomic mass is 10.2. The summed E-state index contributed by atoms with van der Waals surface area (Å²) in [5, 5.41) is 26.4. The van der Waals surface area contributed by atoms with Gasteiger partial charge in [-0.05, 0) is 62.7 Å². The van der Waals surface area contributed by atoms with Crippen LogP contribution >= 0.6 is 31.9 Å². The predicted molar refractivity (Wildman–Crippen MR) is 178 cm³/mol. The first kappa shape index (κ1) is 37.0. The van der Waals surface area contributed by atoms with Crippen LogP contribution in [0.15, 0.2) is 110 Å². The number of halogens is 2. The van der Waals surface area contributed by atoms with Crippen molar-refractivity contribution in [3.8, 4) is 0 Å². The number of benzene rings is 3. The Hall–Kier alpha value is -4.03. The number of hydrogen-bond acceptors (Lipinski definition) is 8. The zero-order valence-corrected chi connectivity index (χ0v) is 27.9. The average Bonchev–Trinajstić information content (AvgIpc) is 3.04. The molecule has 0 amide bonds. The Morgan fingerprint density at radius 3 is 1.35 bits per heavy atom. The topological polar surface area (TPSA) is 140 Å². The zero-order valence-electron chi connectivity index (χ0n) is 24.7. The number of aromatic nitrogens is 4. The molecule has 2 N–H and O–H groups in total. The molecule has 0 saturated carbocycles. The van der Waals surface area contributed by atoms with E-state index in [-0.39, 0.29) is 5.56 Å². The van der Waals surface area contributed by atoms with E-state index in [9.17, 15) is 9.90 Å². The number of hydrogen-bond donors (Lipinski definition) is 2. The number of carboxylic acids is 1. The first-order valence-electron chi connectivity index (χ1n) is 13.6. The van der Waals surface area contributed by atoms with E-state index in [0.29, 0.717) is 0 Å². The molecule has 1 heterocycles. The molecule has 0 aliphatic heterocycles. The lowest BCUT2D eigenvalue weighted by Crippen LogP contribution is -2.24. The maximum Gasteiger partial charge on any atom is 0.141 e. The third kappa shape index (κ3) is 16.9. The van der Waals surface area contributed by atoms with Crippen LogP contribution in [0.4, 0.5) is 0 Å². The quantitative estimate of drug-likeness (QED) is 0.202.